The Morgan fingerprint density at radius 2 is 2.27 bits per heavy atom. The summed E-state index contributed by atoms with van der Waals surface area (Å²) in [5.74, 6) is 1.95. The molecule has 1 atom stereocenters. The molecule has 0 amide bonds. The van der Waals surface area contributed by atoms with Gasteiger partial charge in [0, 0.05) is 12.9 Å². The van der Waals surface area contributed by atoms with Gasteiger partial charge in [0.15, 0.2) is 0 Å². The molecule has 2 N–H and O–H groups in total. The van der Waals surface area contributed by atoms with Crippen LogP contribution in [0.25, 0.3) is 0 Å². The molecule has 0 aromatic heterocycles. The van der Waals surface area contributed by atoms with Crippen LogP contribution < -0.4 is 5.73 Å². The van der Waals surface area contributed by atoms with Crippen LogP contribution in [-0.4, -0.2) is 23.3 Å². The molecule has 0 aromatic carbocycles. The third kappa shape index (κ3) is 6.72. The topological polar surface area (TPSA) is 43.1 Å². The van der Waals surface area contributed by atoms with E-state index in [0.29, 0.717) is 0 Å². The summed E-state index contributed by atoms with van der Waals surface area (Å²) in [5, 5.41) is 0. The number of carbonyl (C=O) groups excluding carboxylic acids is 1. The second-order valence-electron chi connectivity index (χ2n) is 2.32. The van der Waals surface area contributed by atoms with Gasteiger partial charge in [-0.3, -0.25) is 4.79 Å². The van der Waals surface area contributed by atoms with Gasteiger partial charge >= 0.3 is 0 Å². The predicted molar refractivity (Wildman–Crippen MR) is 56.0 cm³/mol. The van der Waals surface area contributed by atoms with Crippen molar-refractivity contribution < 1.29 is 6.22 Å². The number of hydrogen-bond acceptors (Lipinski definition) is 4. The Morgan fingerprint density at radius 1 is 1.64 bits per heavy atom. The van der Waals surface area contributed by atoms with Gasteiger partial charge in [0.25, 0.3) is 0 Å². The summed E-state index contributed by atoms with van der Waals surface area (Å²) in [4.78, 5) is 10.7. The minimum atomic E-state index is -0.274. The number of Topliss-reactive ketones (excluding diaryl/α,β-unsaturated/α-hetero) is 1. The molecule has 0 aliphatic heterocycles. The molecule has 0 radical (unpaired) electrons. The van der Waals surface area contributed by atoms with E-state index in [4.69, 9.17) is 5.73 Å². The van der Waals surface area contributed by atoms with Crippen molar-refractivity contribution in [2.45, 2.75) is 26.3 Å². The standard InChI is InChI=1S/C7H15NOS2.H2/c1-3-4-10-11-5-7(8)6(2)9;/h7H,3-5,8H2,1-2H3;1H. The molecule has 4 heteroatoms. The summed E-state index contributed by atoms with van der Waals surface area (Å²) in [6.07, 6.45) is 1.17. The van der Waals surface area contributed by atoms with E-state index in [1.165, 1.54) is 13.3 Å². The molecule has 0 aliphatic rings. The van der Waals surface area contributed by atoms with E-state index < -0.39 is 0 Å². The fraction of sp³-hybridized carbons (Fsp3) is 0.857. The Balaban J connectivity index is 0. The Morgan fingerprint density at radius 3 is 2.73 bits per heavy atom. The highest BCUT2D eigenvalue weighted by atomic mass is 33.1. The molecule has 0 bridgehead atoms. The molecule has 0 fully saturated rings. The highest BCUT2D eigenvalue weighted by molar-refractivity contribution is 8.76. The van der Waals surface area contributed by atoms with Gasteiger partial charge in [-0.25, -0.2) is 0 Å². The van der Waals surface area contributed by atoms with Crippen LogP contribution in [0.15, 0.2) is 0 Å². The molecule has 1 unspecified atom stereocenters. The van der Waals surface area contributed by atoms with Crippen molar-refractivity contribution in [1.82, 2.24) is 0 Å². The first kappa shape index (κ1) is 11.3. The number of ketones is 1. The van der Waals surface area contributed by atoms with Crippen LogP contribution in [0.5, 0.6) is 0 Å². The molecule has 0 saturated heterocycles. The zero-order valence-electron chi connectivity index (χ0n) is 7.00. The number of rotatable bonds is 6. The summed E-state index contributed by atoms with van der Waals surface area (Å²) in [6.45, 7) is 3.67. The molecule has 11 heavy (non-hydrogen) atoms. The van der Waals surface area contributed by atoms with Gasteiger partial charge in [0.05, 0.1) is 6.04 Å². The first-order chi connectivity index (χ1) is 5.18. The van der Waals surface area contributed by atoms with Gasteiger partial charge in [-0.05, 0) is 13.3 Å². The maximum absolute atomic E-state index is 10.7. The lowest BCUT2D eigenvalue weighted by atomic mass is 10.3. The smallest absolute Gasteiger partial charge is 0.147 e. The molecule has 0 spiro atoms. The van der Waals surface area contributed by atoms with E-state index in [1.807, 2.05) is 0 Å². The van der Waals surface area contributed by atoms with E-state index in [0.717, 1.165) is 11.5 Å². The van der Waals surface area contributed by atoms with Crippen LogP contribution in [-0.2, 0) is 4.79 Å². The molecule has 2 nitrogen and oxygen atoms in total. The maximum atomic E-state index is 10.7. The second-order valence-corrected chi connectivity index (χ2v) is 4.95. The van der Waals surface area contributed by atoms with Crippen LogP contribution in [0, 0.1) is 0 Å². The van der Waals surface area contributed by atoms with Gasteiger partial charge in [0.1, 0.15) is 5.78 Å². The first-order valence-corrected chi connectivity index (χ1v) is 6.17. The van der Waals surface area contributed by atoms with Crippen molar-refractivity contribution in [3.63, 3.8) is 0 Å². The van der Waals surface area contributed by atoms with E-state index >= 15 is 0 Å². The minimum absolute atomic E-state index is 0. The SMILES string of the molecule is CCCSSCC(N)C(C)=O.[HH]. The molecule has 0 saturated carbocycles. The fourth-order valence-corrected chi connectivity index (χ4v) is 2.73. The van der Waals surface area contributed by atoms with Crippen LogP contribution in [0.2, 0.25) is 0 Å². The van der Waals surface area contributed by atoms with E-state index in [-0.39, 0.29) is 13.3 Å². The van der Waals surface area contributed by atoms with Gasteiger partial charge in [-0.2, -0.15) is 0 Å². The predicted octanol–water partition coefficient (Wildman–Crippen LogP) is 1.94. The summed E-state index contributed by atoms with van der Waals surface area (Å²) < 4.78 is 0. The molecule has 0 aromatic rings. The zero-order valence-corrected chi connectivity index (χ0v) is 8.63. The highest BCUT2D eigenvalue weighted by Gasteiger charge is 2.06. The minimum Gasteiger partial charge on any atom is -0.321 e. The van der Waals surface area contributed by atoms with Gasteiger partial charge in [0.2, 0.25) is 0 Å². The number of nitrogens with two attached hydrogens (primary N) is 1. The third-order valence-corrected chi connectivity index (χ3v) is 3.79. The molecule has 0 heterocycles. The first-order valence-electron chi connectivity index (χ1n) is 3.69. The summed E-state index contributed by atoms with van der Waals surface area (Å²) in [6, 6.07) is -0.274. The maximum Gasteiger partial charge on any atom is 0.147 e. The summed E-state index contributed by atoms with van der Waals surface area (Å²) in [7, 11) is 3.47. The lowest BCUT2D eigenvalue weighted by Gasteiger charge is -2.05. The average molecular weight is 195 g/mol. The Bertz CT molecular complexity index is 124. The summed E-state index contributed by atoms with van der Waals surface area (Å²) in [5.41, 5.74) is 5.52. The lowest BCUT2D eigenvalue weighted by molar-refractivity contribution is -0.117. The summed E-state index contributed by atoms with van der Waals surface area (Å²) >= 11 is 0. The van der Waals surface area contributed by atoms with Gasteiger partial charge in [-0.1, -0.05) is 28.5 Å². The van der Waals surface area contributed by atoms with E-state index in [1.54, 1.807) is 21.6 Å². The van der Waals surface area contributed by atoms with Gasteiger partial charge in [-0.15, -0.1) is 0 Å². The molecule has 0 aliphatic carbocycles. The molecule has 0 rings (SSSR count). The van der Waals surface area contributed by atoms with Crippen molar-refractivity contribution in [2.24, 2.45) is 5.73 Å². The third-order valence-electron chi connectivity index (χ3n) is 1.14. The second kappa shape index (κ2) is 7.00. The average Bonchev–Trinajstić information content (AvgIpc) is 1.97. The molecule has 68 valence electrons. The number of hydrogen-bond donors (Lipinski definition) is 1. The molecular weight excluding hydrogens is 178 g/mol. The van der Waals surface area contributed by atoms with Crippen molar-refractivity contribution in [3.05, 3.63) is 0 Å². The van der Waals surface area contributed by atoms with Crippen molar-refractivity contribution in [3.8, 4) is 0 Å². The van der Waals surface area contributed by atoms with Crippen LogP contribution in [0.1, 0.15) is 21.7 Å². The highest BCUT2D eigenvalue weighted by Crippen LogP contribution is 2.22. The molecular formula is C7H17NOS2. The quantitative estimate of drug-likeness (QED) is 0.519. The number of carbonyl (C=O) groups is 1. The Hall–Kier alpha value is 0.330. The fourth-order valence-electron chi connectivity index (χ4n) is 0.381. The van der Waals surface area contributed by atoms with Crippen molar-refractivity contribution in [1.29, 1.82) is 0 Å². The zero-order chi connectivity index (χ0) is 8.69. The largest absolute Gasteiger partial charge is 0.321 e. The van der Waals surface area contributed by atoms with Crippen molar-refractivity contribution >= 4 is 27.4 Å². The monoisotopic (exact) mass is 195 g/mol. The van der Waals surface area contributed by atoms with Crippen molar-refractivity contribution in [2.75, 3.05) is 11.5 Å². The van der Waals surface area contributed by atoms with Crippen LogP contribution in [0.3, 0.4) is 0 Å². The van der Waals surface area contributed by atoms with Gasteiger partial charge < -0.3 is 5.73 Å². The van der Waals surface area contributed by atoms with E-state index in [2.05, 4.69) is 6.92 Å². The van der Waals surface area contributed by atoms with Crippen LogP contribution in [0.4, 0.5) is 0 Å². The normalized spacial score (nSPS) is 13.0. The van der Waals surface area contributed by atoms with E-state index in [9.17, 15) is 4.79 Å². The Labute approximate surface area is 77.6 Å². The Kier molecular flexibility index (Phi) is 7.22. The lowest BCUT2D eigenvalue weighted by Crippen LogP contribution is -2.30. The van der Waals surface area contributed by atoms with Crippen LogP contribution >= 0.6 is 21.6 Å².